The van der Waals surface area contributed by atoms with Crippen molar-refractivity contribution in [1.82, 2.24) is 9.97 Å². The smallest absolute Gasteiger partial charge is 0.142 e. The van der Waals surface area contributed by atoms with Crippen LogP contribution in [0.4, 0.5) is 17.3 Å². The van der Waals surface area contributed by atoms with Crippen LogP contribution in [0.15, 0.2) is 30.3 Å². The summed E-state index contributed by atoms with van der Waals surface area (Å²) in [6.07, 6.45) is 0.793. The molecule has 0 radical (unpaired) electrons. The zero-order chi connectivity index (χ0) is 15.1. The molecule has 5 nitrogen and oxygen atoms in total. The number of benzene rings is 1. The molecule has 112 valence electrons. The van der Waals surface area contributed by atoms with Gasteiger partial charge in [0.05, 0.1) is 12.3 Å². The predicted octanol–water partition coefficient (Wildman–Crippen LogP) is 3.61. The van der Waals surface area contributed by atoms with E-state index in [9.17, 15) is 0 Å². The highest BCUT2D eigenvalue weighted by Gasteiger charge is 2.07. The lowest BCUT2D eigenvalue weighted by Gasteiger charge is -2.13. The lowest BCUT2D eigenvalue weighted by molar-refractivity contribution is 0.342. The zero-order valence-corrected chi connectivity index (χ0v) is 12.8. The normalized spacial score (nSPS) is 10.2. The van der Waals surface area contributed by atoms with Crippen molar-refractivity contribution in [1.29, 1.82) is 0 Å². The maximum Gasteiger partial charge on any atom is 0.142 e. The van der Waals surface area contributed by atoms with Crippen LogP contribution >= 0.6 is 0 Å². The van der Waals surface area contributed by atoms with Crippen LogP contribution in [0.5, 0.6) is 5.75 Å². The number of nitrogens with zero attached hydrogens (tertiary/aromatic N) is 2. The number of rotatable bonds is 7. The Hall–Kier alpha value is -2.30. The van der Waals surface area contributed by atoms with Crippen molar-refractivity contribution in [3.05, 3.63) is 36.2 Å². The maximum atomic E-state index is 5.62. The second-order valence-corrected chi connectivity index (χ2v) is 4.49. The molecule has 0 spiro atoms. The fourth-order valence-electron chi connectivity index (χ4n) is 1.98. The average molecular weight is 286 g/mol. The molecule has 2 aromatic rings. The van der Waals surface area contributed by atoms with Gasteiger partial charge in [-0.2, -0.15) is 0 Å². The summed E-state index contributed by atoms with van der Waals surface area (Å²) in [4.78, 5) is 8.96. The van der Waals surface area contributed by atoms with Gasteiger partial charge in [-0.15, -0.1) is 0 Å². The molecule has 1 heterocycles. The number of aryl methyl sites for hydroxylation is 1. The van der Waals surface area contributed by atoms with Gasteiger partial charge < -0.3 is 15.4 Å². The second-order valence-electron chi connectivity index (χ2n) is 4.49. The van der Waals surface area contributed by atoms with E-state index in [4.69, 9.17) is 4.74 Å². The Morgan fingerprint density at radius 2 is 1.81 bits per heavy atom. The Morgan fingerprint density at radius 1 is 1.05 bits per heavy atom. The zero-order valence-electron chi connectivity index (χ0n) is 12.8. The third kappa shape index (κ3) is 4.08. The lowest BCUT2D eigenvalue weighted by atomic mass is 10.3. The third-order valence-corrected chi connectivity index (χ3v) is 2.90. The first-order valence-corrected chi connectivity index (χ1v) is 7.37. The van der Waals surface area contributed by atoms with Gasteiger partial charge in [-0.3, -0.25) is 0 Å². The van der Waals surface area contributed by atoms with Crippen LogP contribution in [0.3, 0.4) is 0 Å². The average Bonchev–Trinajstić information content (AvgIpc) is 2.49. The molecular weight excluding hydrogens is 264 g/mol. The predicted molar refractivity (Wildman–Crippen MR) is 86.5 cm³/mol. The fraction of sp³-hybridized carbons (Fsp3) is 0.375. The number of anilines is 3. The summed E-state index contributed by atoms with van der Waals surface area (Å²) >= 11 is 0. The molecule has 21 heavy (non-hydrogen) atoms. The molecule has 2 N–H and O–H groups in total. The van der Waals surface area contributed by atoms with E-state index in [0.29, 0.717) is 6.61 Å². The summed E-state index contributed by atoms with van der Waals surface area (Å²) in [5, 5.41) is 6.54. The SMILES string of the molecule is CCNc1cc(Nc2ccccc2OCC)nc(CC)n1. The molecule has 0 atom stereocenters. The van der Waals surface area contributed by atoms with Gasteiger partial charge in [-0.1, -0.05) is 19.1 Å². The molecule has 0 amide bonds. The van der Waals surface area contributed by atoms with Gasteiger partial charge in [0.15, 0.2) is 0 Å². The van der Waals surface area contributed by atoms with Crippen LogP contribution < -0.4 is 15.4 Å². The molecule has 0 bridgehead atoms. The van der Waals surface area contributed by atoms with Crippen molar-refractivity contribution in [2.75, 3.05) is 23.8 Å². The monoisotopic (exact) mass is 286 g/mol. The molecular formula is C16H22N4O. The van der Waals surface area contributed by atoms with Gasteiger partial charge in [0.1, 0.15) is 23.2 Å². The summed E-state index contributed by atoms with van der Waals surface area (Å²) in [5.74, 6) is 3.23. The van der Waals surface area contributed by atoms with Crippen LogP contribution in [0.2, 0.25) is 0 Å². The summed E-state index contributed by atoms with van der Waals surface area (Å²) in [6, 6.07) is 9.76. The fourth-order valence-corrected chi connectivity index (χ4v) is 1.98. The minimum Gasteiger partial charge on any atom is -0.492 e. The molecule has 0 fully saturated rings. The molecule has 1 aromatic heterocycles. The molecule has 5 heteroatoms. The van der Waals surface area contributed by atoms with Gasteiger partial charge in [0.25, 0.3) is 0 Å². The van der Waals surface area contributed by atoms with E-state index in [1.165, 1.54) is 0 Å². The lowest BCUT2D eigenvalue weighted by Crippen LogP contribution is -2.06. The van der Waals surface area contributed by atoms with E-state index >= 15 is 0 Å². The number of hydrogen-bond donors (Lipinski definition) is 2. The van der Waals surface area contributed by atoms with E-state index in [1.807, 2.05) is 51.1 Å². The molecule has 0 unspecified atom stereocenters. The molecule has 1 aromatic carbocycles. The van der Waals surface area contributed by atoms with Gasteiger partial charge >= 0.3 is 0 Å². The van der Waals surface area contributed by atoms with E-state index in [-0.39, 0.29) is 0 Å². The second kappa shape index (κ2) is 7.47. The maximum absolute atomic E-state index is 5.62. The van der Waals surface area contributed by atoms with Crippen LogP contribution in [0.25, 0.3) is 0 Å². The van der Waals surface area contributed by atoms with Crippen LogP contribution in [-0.2, 0) is 6.42 Å². The number of hydrogen-bond acceptors (Lipinski definition) is 5. The van der Waals surface area contributed by atoms with Gasteiger partial charge in [-0.05, 0) is 26.0 Å². The van der Waals surface area contributed by atoms with Gasteiger partial charge in [-0.25, -0.2) is 9.97 Å². The molecule has 0 saturated heterocycles. The first-order chi connectivity index (χ1) is 10.3. The Bertz CT molecular complexity index is 586. The van der Waals surface area contributed by atoms with E-state index in [0.717, 1.165) is 41.9 Å². The number of aromatic nitrogens is 2. The number of ether oxygens (including phenoxy) is 1. The Morgan fingerprint density at radius 3 is 2.52 bits per heavy atom. The van der Waals surface area contributed by atoms with Crippen molar-refractivity contribution in [2.45, 2.75) is 27.2 Å². The summed E-state index contributed by atoms with van der Waals surface area (Å²) in [5.41, 5.74) is 0.905. The van der Waals surface area contributed by atoms with Crippen molar-refractivity contribution >= 4 is 17.3 Å². The highest BCUT2D eigenvalue weighted by Crippen LogP contribution is 2.27. The largest absolute Gasteiger partial charge is 0.492 e. The third-order valence-electron chi connectivity index (χ3n) is 2.90. The number of nitrogens with one attached hydrogen (secondary N) is 2. The molecule has 0 saturated carbocycles. The highest BCUT2D eigenvalue weighted by atomic mass is 16.5. The van der Waals surface area contributed by atoms with Gasteiger partial charge in [0.2, 0.25) is 0 Å². The van der Waals surface area contributed by atoms with E-state index < -0.39 is 0 Å². The standard InChI is InChI=1S/C16H22N4O/c1-4-14-19-15(17-5-2)11-16(20-14)18-12-9-7-8-10-13(12)21-6-3/h7-11H,4-6H2,1-3H3,(H2,17,18,19,20). The summed E-state index contributed by atoms with van der Waals surface area (Å²) < 4.78 is 5.62. The van der Waals surface area contributed by atoms with Crippen LogP contribution in [0, 0.1) is 0 Å². The first kappa shape index (κ1) is 15.1. The first-order valence-electron chi connectivity index (χ1n) is 7.37. The Kier molecular flexibility index (Phi) is 5.37. The molecule has 0 aliphatic rings. The van der Waals surface area contributed by atoms with E-state index in [1.54, 1.807) is 0 Å². The minimum atomic E-state index is 0.630. The highest BCUT2D eigenvalue weighted by molar-refractivity contribution is 5.65. The van der Waals surface area contributed by atoms with E-state index in [2.05, 4.69) is 20.6 Å². The van der Waals surface area contributed by atoms with Crippen LogP contribution in [-0.4, -0.2) is 23.1 Å². The van der Waals surface area contributed by atoms with Crippen LogP contribution in [0.1, 0.15) is 26.6 Å². The topological polar surface area (TPSA) is 59.1 Å². The van der Waals surface area contributed by atoms with Gasteiger partial charge in [0, 0.05) is 19.0 Å². The number of para-hydroxylation sites is 2. The minimum absolute atomic E-state index is 0.630. The summed E-state index contributed by atoms with van der Waals surface area (Å²) in [7, 11) is 0. The molecule has 0 aliphatic carbocycles. The van der Waals surface area contributed by atoms with Crippen molar-refractivity contribution in [2.24, 2.45) is 0 Å². The molecule has 0 aliphatic heterocycles. The molecule has 2 rings (SSSR count). The Balaban J connectivity index is 2.28. The quantitative estimate of drug-likeness (QED) is 0.814. The van der Waals surface area contributed by atoms with Crippen molar-refractivity contribution in [3.63, 3.8) is 0 Å². The Labute approximate surface area is 125 Å². The van der Waals surface area contributed by atoms with Crippen molar-refractivity contribution < 1.29 is 4.74 Å². The van der Waals surface area contributed by atoms with Crippen molar-refractivity contribution in [3.8, 4) is 5.75 Å². The summed E-state index contributed by atoms with van der Waals surface area (Å²) in [6.45, 7) is 7.52.